The number of benzene rings is 2. The van der Waals surface area contributed by atoms with E-state index in [-0.39, 0.29) is 22.9 Å². The van der Waals surface area contributed by atoms with E-state index >= 15 is 0 Å². The number of aromatic amines is 1. The summed E-state index contributed by atoms with van der Waals surface area (Å²) in [6.07, 6.45) is 5.20. The summed E-state index contributed by atoms with van der Waals surface area (Å²) in [6, 6.07) is 18.4. The minimum Gasteiger partial charge on any atom is -0.361 e. The highest BCUT2D eigenvalue weighted by atomic mass is 16.6. The Labute approximate surface area is 192 Å². The van der Waals surface area contributed by atoms with Crippen molar-refractivity contribution >= 4 is 22.5 Å². The number of H-pyrrole nitrogens is 1. The fraction of sp³-hybridized carbons (Fsp3) is 0.231. The Kier molecular flexibility index (Phi) is 6.78. The predicted octanol–water partition coefficient (Wildman–Crippen LogP) is 4.91. The molecule has 2 heterocycles. The summed E-state index contributed by atoms with van der Waals surface area (Å²) in [4.78, 5) is 31.9. The van der Waals surface area contributed by atoms with Gasteiger partial charge in [-0.05, 0) is 29.7 Å². The van der Waals surface area contributed by atoms with Crippen molar-refractivity contribution in [3.63, 3.8) is 0 Å². The predicted molar refractivity (Wildman–Crippen MR) is 128 cm³/mol. The van der Waals surface area contributed by atoms with Crippen molar-refractivity contribution in [1.82, 2.24) is 15.3 Å². The quantitative estimate of drug-likeness (QED) is 0.284. The lowest BCUT2D eigenvalue weighted by Gasteiger charge is -2.17. The van der Waals surface area contributed by atoms with Crippen LogP contribution in [-0.4, -0.2) is 27.3 Å². The van der Waals surface area contributed by atoms with Crippen molar-refractivity contribution in [1.29, 1.82) is 0 Å². The second-order valence-corrected chi connectivity index (χ2v) is 7.93. The second kappa shape index (κ2) is 10.1. The standard InChI is InChI=1S/C26H26N4O3/c1-2-18-8-7-11-21-23(17-29-26(18)21)22(20-10-3-4-12-24(20)30(32)33)16-25(31)28-15-13-19-9-5-6-14-27-19/h3-12,14,17,22,29H,2,13,15-16H2,1H3,(H,28,31)/t22-/m0/s1. The lowest BCUT2D eigenvalue weighted by Crippen LogP contribution is -2.27. The summed E-state index contributed by atoms with van der Waals surface area (Å²) in [6.45, 7) is 2.54. The van der Waals surface area contributed by atoms with E-state index in [9.17, 15) is 14.9 Å². The number of hydrogen-bond acceptors (Lipinski definition) is 4. The average Bonchev–Trinajstić information content (AvgIpc) is 3.27. The van der Waals surface area contributed by atoms with Crippen molar-refractivity contribution in [2.45, 2.75) is 32.1 Å². The van der Waals surface area contributed by atoms with Crippen LogP contribution >= 0.6 is 0 Å². The minimum atomic E-state index is -0.456. The molecule has 0 aliphatic carbocycles. The zero-order valence-corrected chi connectivity index (χ0v) is 18.5. The Hall–Kier alpha value is -4.00. The van der Waals surface area contributed by atoms with Crippen LogP contribution in [0.5, 0.6) is 0 Å². The number of rotatable bonds is 9. The van der Waals surface area contributed by atoms with Gasteiger partial charge in [0.25, 0.3) is 5.69 Å². The van der Waals surface area contributed by atoms with Crippen molar-refractivity contribution < 1.29 is 9.72 Å². The fourth-order valence-corrected chi connectivity index (χ4v) is 4.29. The first-order chi connectivity index (χ1) is 16.1. The van der Waals surface area contributed by atoms with Crippen LogP contribution in [0.4, 0.5) is 5.69 Å². The third kappa shape index (κ3) is 4.92. The van der Waals surface area contributed by atoms with Gasteiger partial charge in [-0.2, -0.15) is 0 Å². The van der Waals surface area contributed by atoms with E-state index < -0.39 is 5.92 Å². The molecule has 7 nitrogen and oxygen atoms in total. The molecule has 2 aromatic carbocycles. The SMILES string of the molecule is CCc1cccc2c([C@@H](CC(=O)NCCc3ccccn3)c3ccccc3[N+](=O)[O-])c[nH]c12. The van der Waals surface area contributed by atoms with Gasteiger partial charge in [-0.15, -0.1) is 0 Å². The number of nitro benzene ring substituents is 1. The van der Waals surface area contributed by atoms with Crippen molar-refractivity contribution in [2.75, 3.05) is 6.54 Å². The van der Waals surface area contributed by atoms with E-state index in [4.69, 9.17) is 0 Å². The molecule has 33 heavy (non-hydrogen) atoms. The molecule has 1 amide bonds. The second-order valence-electron chi connectivity index (χ2n) is 7.93. The lowest BCUT2D eigenvalue weighted by atomic mass is 9.86. The van der Waals surface area contributed by atoms with Gasteiger partial charge in [0.1, 0.15) is 0 Å². The zero-order valence-electron chi connectivity index (χ0n) is 18.5. The third-order valence-electron chi connectivity index (χ3n) is 5.92. The summed E-state index contributed by atoms with van der Waals surface area (Å²) in [5, 5.41) is 15.7. The molecular formula is C26H26N4O3. The average molecular weight is 443 g/mol. The van der Waals surface area contributed by atoms with Gasteiger partial charge < -0.3 is 10.3 Å². The maximum atomic E-state index is 12.9. The van der Waals surface area contributed by atoms with Gasteiger partial charge in [-0.3, -0.25) is 19.9 Å². The van der Waals surface area contributed by atoms with Gasteiger partial charge in [-0.1, -0.05) is 49.4 Å². The monoisotopic (exact) mass is 442 g/mol. The molecule has 168 valence electrons. The number of aromatic nitrogens is 2. The van der Waals surface area contributed by atoms with E-state index in [2.05, 4.69) is 28.3 Å². The van der Waals surface area contributed by atoms with E-state index in [1.54, 1.807) is 24.4 Å². The number of carbonyl (C=O) groups is 1. The summed E-state index contributed by atoms with van der Waals surface area (Å²) in [5.41, 5.74) is 4.51. The number of carbonyl (C=O) groups excluding carboxylic acids is 1. The Morgan fingerprint density at radius 1 is 1.09 bits per heavy atom. The first-order valence-electron chi connectivity index (χ1n) is 11.1. The number of pyridine rings is 1. The van der Waals surface area contributed by atoms with Crippen LogP contribution in [0.3, 0.4) is 0 Å². The molecule has 0 aliphatic heterocycles. The Bertz CT molecular complexity index is 1270. The van der Waals surface area contributed by atoms with Crippen LogP contribution in [0.1, 0.15) is 41.6 Å². The van der Waals surface area contributed by atoms with Gasteiger partial charge >= 0.3 is 0 Å². The first kappa shape index (κ1) is 22.2. The molecule has 4 rings (SSSR count). The smallest absolute Gasteiger partial charge is 0.273 e. The molecule has 2 aromatic heterocycles. The van der Waals surface area contributed by atoms with E-state index in [0.717, 1.165) is 28.6 Å². The number of nitrogens with zero attached hydrogens (tertiary/aromatic N) is 2. The van der Waals surface area contributed by atoms with Crippen molar-refractivity contribution in [3.05, 3.63) is 106 Å². The van der Waals surface area contributed by atoms with Crippen LogP contribution in [0.15, 0.2) is 73.1 Å². The van der Waals surface area contributed by atoms with Crippen LogP contribution in [0.2, 0.25) is 0 Å². The van der Waals surface area contributed by atoms with Crippen LogP contribution in [0.25, 0.3) is 10.9 Å². The molecule has 0 spiro atoms. The van der Waals surface area contributed by atoms with Crippen LogP contribution in [0, 0.1) is 10.1 Å². The minimum absolute atomic E-state index is 0.0183. The number of fused-ring (bicyclic) bond motifs is 1. The molecule has 0 saturated heterocycles. The van der Waals surface area contributed by atoms with Gasteiger partial charge in [0.2, 0.25) is 5.91 Å². The van der Waals surface area contributed by atoms with E-state index in [1.165, 1.54) is 11.6 Å². The highest BCUT2D eigenvalue weighted by Gasteiger charge is 2.27. The van der Waals surface area contributed by atoms with Crippen molar-refractivity contribution in [3.8, 4) is 0 Å². The molecule has 2 N–H and O–H groups in total. The number of aryl methyl sites for hydroxylation is 1. The Morgan fingerprint density at radius 3 is 2.67 bits per heavy atom. The topological polar surface area (TPSA) is 101 Å². The van der Waals surface area contributed by atoms with Gasteiger partial charge in [-0.25, -0.2) is 0 Å². The summed E-state index contributed by atoms with van der Waals surface area (Å²) >= 11 is 0. The highest BCUT2D eigenvalue weighted by molar-refractivity contribution is 5.88. The molecule has 0 bridgehead atoms. The van der Waals surface area contributed by atoms with Gasteiger partial charge in [0.05, 0.1) is 4.92 Å². The molecule has 0 fully saturated rings. The van der Waals surface area contributed by atoms with Crippen LogP contribution in [-0.2, 0) is 17.6 Å². The molecule has 0 aliphatic rings. The number of amides is 1. The fourth-order valence-electron chi connectivity index (χ4n) is 4.29. The first-order valence-corrected chi connectivity index (χ1v) is 11.1. The van der Waals surface area contributed by atoms with Gasteiger partial charge in [0.15, 0.2) is 0 Å². The number of hydrogen-bond donors (Lipinski definition) is 2. The number of nitro groups is 1. The molecule has 4 aromatic rings. The summed E-state index contributed by atoms with van der Waals surface area (Å²) in [5.74, 6) is -0.614. The summed E-state index contributed by atoms with van der Waals surface area (Å²) in [7, 11) is 0. The molecule has 0 unspecified atom stereocenters. The normalized spacial score (nSPS) is 11.9. The van der Waals surface area contributed by atoms with E-state index in [0.29, 0.717) is 18.5 Å². The largest absolute Gasteiger partial charge is 0.361 e. The number of para-hydroxylation sites is 2. The molecule has 1 atom stereocenters. The van der Waals surface area contributed by atoms with Gasteiger partial charge in [0, 0.05) is 65.9 Å². The molecule has 0 saturated carbocycles. The lowest BCUT2D eigenvalue weighted by molar-refractivity contribution is -0.385. The van der Waals surface area contributed by atoms with E-state index in [1.807, 2.05) is 36.5 Å². The zero-order chi connectivity index (χ0) is 23.2. The molecular weight excluding hydrogens is 416 g/mol. The third-order valence-corrected chi connectivity index (χ3v) is 5.92. The Balaban J connectivity index is 1.64. The molecule has 7 heteroatoms. The van der Waals surface area contributed by atoms with Crippen molar-refractivity contribution in [2.24, 2.45) is 0 Å². The highest BCUT2D eigenvalue weighted by Crippen LogP contribution is 2.38. The number of nitrogens with one attached hydrogen (secondary N) is 2. The Morgan fingerprint density at radius 2 is 1.91 bits per heavy atom. The summed E-state index contributed by atoms with van der Waals surface area (Å²) < 4.78 is 0. The molecule has 0 radical (unpaired) electrons. The maximum Gasteiger partial charge on any atom is 0.273 e. The maximum absolute atomic E-state index is 12.9. The van der Waals surface area contributed by atoms with Crippen LogP contribution < -0.4 is 5.32 Å².